The summed E-state index contributed by atoms with van der Waals surface area (Å²) in [5, 5.41) is 9.01. The van der Waals surface area contributed by atoms with Crippen molar-refractivity contribution in [2.45, 2.75) is 38.1 Å². The summed E-state index contributed by atoms with van der Waals surface area (Å²) in [5.74, 6) is 0. The quantitative estimate of drug-likeness (QED) is 0.611. The topological polar surface area (TPSA) is 42.5 Å². The largest absolute Gasteiger partial charge is 0.265 e. The van der Waals surface area contributed by atoms with Crippen molar-refractivity contribution in [3.63, 3.8) is 0 Å². The number of hydrogen-bond acceptors (Lipinski definition) is 5. The van der Waals surface area contributed by atoms with Crippen LogP contribution in [0.4, 0.5) is 0 Å². The van der Waals surface area contributed by atoms with E-state index in [-0.39, 0.29) is 0 Å². The molecule has 3 aromatic rings. The predicted octanol–water partition coefficient (Wildman–Crippen LogP) is 4.79. The van der Waals surface area contributed by atoms with Crippen molar-refractivity contribution in [2.75, 3.05) is 0 Å². The maximum Gasteiger partial charge on any atom is 0.206 e. The zero-order valence-corrected chi connectivity index (χ0v) is 15.5. The molecule has 25 heavy (non-hydrogen) atoms. The molecule has 3 aromatic heterocycles. The Kier molecular flexibility index (Phi) is 5.18. The molecule has 0 aromatic carbocycles. The van der Waals surface area contributed by atoms with Crippen LogP contribution in [0.1, 0.15) is 37.7 Å². The van der Waals surface area contributed by atoms with Crippen LogP contribution < -0.4 is 4.80 Å². The lowest BCUT2D eigenvalue weighted by Gasteiger charge is -2.16. The Hall–Kier alpha value is -2.05. The van der Waals surface area contributed by atoms with Gasteiger partial charge in [0.05, 0.1) is 22.8 Å². The van der Waals surface area contributed by atoms with E-state index < -0.39 is 0 Å². The SMILES string of the molecule is C(=Nn1c(-c2cccs2)csc1=NC1CCCCC1)c1ccncc1. The van der Waals surface area contributed by atoms with Crippen LogP contribution in [-0.2, 0) is 0 Å². The molecule has 0 N–H and O–H groups in total. The number of nitrogens with zero attached hydrogens (tertiary/aromatic N) is 4. The van der Waals surface area contributed by atoms with Gasteiger partial charge in [0.2, 0.25) is 4.80 Å². The second kappa shape index (κ2) is 7.89. The molecule has 1 aliphatic rings. The fourth-order valence-corrected chi connectivity index (χ4v) is 4.74. The molecule has 1 saturated carbocycles. The molecule has 1 aliphatic carbocycles. The molecule has 0 bridgehead atoms. The molecule has 6 heteroatoms. The molecular formula is C19H20N4S2. The fraction of sp³-hybridized carbons (Fsp3) is 0.316. The second-order valence-electron chi connectivity index (χ2n) is 6.14. The summed E-state index contributed by atoms with van der Waals surface area (Å²) in [5.41, 5.74) is 2.15. The normalized spacial score (nSPS) is 16.7. The summed E-state index contributed by atoms with van der Waals surface area (Å²) in [6.45, 7) is 0. The lowest BCUT2D eigenvalue weighted by Crippen LogP contribution is -2.18. The molecule has 0 aliphatic heterocycles. The van der Waals surface area contributed by atoms with E-state index in [1.807, 2.05) is 23.0 Å². The molecule has 128 valence electrons. The van der Waals surface area contributed by atoms with Crippen LogP contribution in [0.5, 0.6) is 0 Å². The highest BCUT2D eigenvalue weighted by Gasteiger charge is 2.14. The van der Waals surface area contributed by atoms with Gasteiger partial charge >= 0.3 is 0 Å². The van der Waals surface area contributed by atoms with E-state index in [1.165, 1.54) is 37.0 Å². The van der Waals surface area contributed by atoms with Crippen molar-refractivity contribution >= 4 is 28.9 Å². The summed E-state index contributed by atoms with van der Waals surface area (Å²) < 4.78 is 1.99. The minimum Gasteiger partial charge on any atom is -0.265 e. The van der Waals surface area contributed by atoms with Gasteiger partial charge in [-0.1, -0.05) is 25.3 Å². The van der Waals surface area contributed by atoms with Crippen LogP contribution in [-0.4, -0.2) is 21.9 Å². The maximum atomic E-state index is 5.02. The molecule has 0 spiro atoms. The van der Waals surface area contributed by atoms with Gasteiger partial charge in [-0.15, -0.1) is 22.7 Å². The number of pyridine rings is 1. The van der Waals surface area contributed by atoms with Crippen LogP contribution in [0.15, 0.2) is 57.5 Å². The number of hydrogen-bond donors (Lipinski definition) is 0. The highest BCUT2D eigenvalue weighted by molar-refractivity contribution is 7.14. The van der Waals surface area contributed by atoms with E-state index in [0.717, 1.165) is 16.1 Å². The van der Waals surface area contributed by atoms with Crippen LogP contribution in [0.2, 0.25) is 0 Å². The lowest BCUT2D eigenvalue weighted by molar-refractivity contribution is 0.435. The van der Waals surface area contributed by atoms with Gasteiger partial charge in [0, 0.05) is 17.8 Å². The minimum absolute atomic E-state index is 0.436. The average molecular weight is 369 g/mol. The Morgan fingerprint density at radius 2 is 1.92 bits per heavy atom. The third-order valence-corrected chi connectivity index (χ3v) is 6.08. The van der Waals surface area contributed by atoms with Gasteiger partial charge in [-0.25, -0.2) is 4.68 Å². The number of aromatic nitrogens is 2. The smallest absolute Gasteiger partial charge is 0.206 e. The van der Waals surface area contributed by atoms with Gasteiger partial charge in [0.15, 0.2) is 0 Å². The molecule has 0 radical (unpaired) electrons. The lowest BCUT2D eigenvalue weighted by atomic mass is 9.96. The molecule has 0 saturated heterocycles. The van der Waals surface area contributed by atoms with Gasteiger partial charge in [-0.2, -0.15) is 5.10 Å². The van der Waals surface area contributed by atoms with Gasteiger partial charge in [-0.3, -0.25) is 9.98 Å². The zero-order valence-electron chi connectivity index (χ0n) is 13.9. The molecular weight excluding hydrogens is 348 g/mol. The summed E-state index contributed by atoms with van der Waals surface area (Å²) in [6, 6.07) is 8.56. The van der Waals surface area contributed by atoms with Crippen LogP contribution >= 0.6 is 22.7 Å². The van der Waals surface area contributed by atoms with Crippen molar-refractivity contribution in [1.29, 1.82) is 0 Å². The Morgan fingerprint density at radius 3 is 2.68 bits per heavy atom. The Morgan fingerprint density at radius 1 is 1.08 bits per heavy atom. The van der Waals surface area contributed by atoms with Gasteiger partial charge < -0.3 is 0 Å². The molecule has 0 atom stereocenters. The highest BCUT2D eigenvalue weighted by Crippen LogP contribution is 2.26. The molecule has 0 unspecified atom stereocenters. The Labute approximate surface area is 155 Å². The molecule has 1 fully saturated rings. The molecule has 4 rings (SSSR count). The number of thiazole rings is 1. The van der Waals surface area contributed by atoms with Crippen molar-refractivity contribution in [3.05, 3.63) is 57.8 Å². The van der Waals surface area contributed by atoms with Crippen molar-refractivity contribution in [2.24, 2.45) is 10.1 Å². The van der Waals surface area contributed by atoms with E-state index in [4.69, 9.17) is 10.1 Å². The Balaban J connectivity index is 1.74. The Bertz CT molecular complexity index is 885. The summed E-state index contributed by atoms with van der Waals surface area (Å²) in [4.78, 5) is 11.3. The van der Waals surface area contributed by atoms with Gasteiger partial charge in [-0.05, 0) is 42.0 Å². The third kappa shape index (κ3) is 3.96. The maximum absolute atomic E-state index is 5.02. The third-order valence-electron chi connectivity index (χ3n) is 4.36. The van der Waals surface area contributed by atoms with Gasteiger partial charge in [0.25, 0.3) is 0 Å². The van der Waals surface area contributed by atoms with Crippen LogP contribution in [0, 0.1) is 0 Å². The van der Waals surface area contributed by atoms with Crippen LogP contribution in [0.3, 0.4) is 0 Å². The minimum atomic E-state index is 0.436. The number of thiophene rings is 1. The van der Waals surface area contributed by atoms with Crippen molar-refractivity contribution < 1.29 is 0 Å². The van der Waals surface area contributed by atoms with Gasteiger partial charge in [0.1, 0.15) is 0 Å². The zero-order chi connectivity index (χ0) is 16.9. The molecule has 3 heterocycles. The van der Waals surface area contributed by atoms with Crippen molar-refractivity contribution in [3.8, 4) is 10.6 Å². The summed E-state index contributed by atoms with van der Waals surface area (Å²) >= 11 is 3.41. The second-order valence-corrected chi connectivity index (χ2v) is 7.92. The van der Waals surface area contributed by atoms with Crippen LogP contribution in [0.25, 0.3) is 10.6 Å². The first-order valence-corrected chi connectivity index (χ1v) is 10.4. The predicted molar refractivity (Wildman–Crippen MR) is 105 cm³/mol. The fourth-order valence-electron chi connectivity index (χ4n) is 3.04. The molecule has 0 amide bonds. The van der Waals surface area contributed by atoms with E-state index in [1.54, 1.807) is 35.1 Å². The first-order chi connectivity index (χ1) is 12.4. The molecule has 4 nitrogen and oxygen atoms in total. The van der Waals surface area contributed by atoms with E-state index >= 15 is 0 Å². The van der Waals surface area contributed by atoms with E-state index in [9.17, 15) is 0 Å². The van der Waals surface area contributed by atoms with E-state index in [2.05, 4.69) is 27.9 Å². The van der Waals surface area contributed by atoms with E-state index in [0.29, 0.717) is 6.04 Å². The monoisotopic (exact) mass is 368 g/mol. The first-order valence-electron chi connectivity index (χ1n) is 8.63. The average Bonchev–Trinajstić information content (AvgIpc) is 3.31. The summed E-state index contributed by atoms with van der Waals surface area (Å²) in [7, 11) is 0. The van der Waals surface area contributed by atoms with Crippen molar-refractivity contribution in [1.82, 2.24) is 9.66 Å². The highest BCUT2D eigenvalue weighted by atomic mass is 32.1. The number of rotatable bonds is 4. The standard InChI is InChI=1S/C19H20N4S2/c1-2-5-16(6-3-1)22-19-23(21-13-15-8-10-20-11-9-15)17(14-25-19)18-7-4-12-24-18/h4,7-14,16H,1-3,5-6H2. The first kappa shape index (κ1) is 16.4. The summed E-state index contributed by atoms with van der Waals surface area (Å²) in [6.07, 6.45) is 11.8.